The van der Waals surface area contributed by atoms with Crippen molar-refractivity contribution in [3.63, 3.8) is 0 Å². The van der Waals surface area contributed by atoms with E-state index in [1.165, 1.54) is 6.42 Å². The first-order valence-corrected chi connectivity index (χ1v) is 5.86. The van der Waals surface area contributed by atoms with Crippen molar-refractivity contribution in [2.75, 3.05) is 19.6 Å². The maximum Gasteiger partial charge on any atom is 0.271 e. The van der Waals surface area contributed by atoms with Crippen LogP contribution in [0.4, 0.5) is 0 Å². The lowest BCUT2D eigenvalue weighted by molar-refractivity contribution is 0.0656. The molecule has 3 heterocycles. The number of halogens is 1. The zero-order valence-electron chi connectivity index (χ0n) is 9.56. The van der Waals surface area contributed by atoms with Gasteiger partial charge in [-0.3, -0.25) is 9.89 Å². The minimum Gasteiger partial charge on any atom is -0.337 e. The summed E-state index contributed by atoms with van der Waals surface area (Å²) >= 11 is 0. The second-order valence-electron chi connectivity index (χ2n) is 4.62. The molecule has 94 valence electrons. The van der Waals surface area contributed by atoms with Gasteiger partial charge in [-0.25, -0.2) is 0 Å². The van der Waals surface area contributed by atoms with E-state index in [-0.39, 0.29) is 18.3 Å². The van der Waals surface area contributed by atoms with E-state index in [0.29, 0.717) is 17.7 Å². The van der Waals surface area contributed by atoms with E-state index in [1.807, 2.05) is 4.90 Å². The summed E-state index contributed by atoms with van der Waals surface area (Å²) in [6.45, 7) is 2.84. The van der Waals surface area contributed by atoms with E-state index < -0.39 is 0 Å². The Hall–Kier alpha value is -1.07. The molecule has 0 aliphatic carbocycles. The van der Waals surface area contributed by atoms with Crippen LogP contribution in [0, 0.1) is 5.92 Å². The number of piperidine rings is 1. The fourth-order valence-corrected chi connectivity index (χ4v) is 2.78. The number of hydrogen-bond donors (Lipinski definition) is 2. The molecule has 1 aromatic heterocycles. The number of amides is 1. The zero-order valence-corrected chi connectivity index (χ0v) is 10.4. The Balaban J connectivity index is 0.00000108. The standard InChI is InChI=1S/C11H16N4O.ClH/c16-11(10-2-5-13-14-10)15-6-3-9-8(7-15)1-4-12-9;/h2,5,8-9,12H,1,3-4,6-7H2,(H,13,14);1H. The van der Waals surface area contributed by atoms with Crippen molar-refractivity contribution in [3.8, 4) is 0 Å². The van der Waals surface area contributed by atoms with Crippen LogP contribution in [0.1, 0.15) is 23.3 Å². The highest BCUT2D eigenvalue weighted by atomic mass is 35.5. The summed E-state index contributed by atoms with van der Waals surface area (Å²) < 4.78 is 0. The number of likely N-dealkylation sites (tertiary alicyclic amines) is 1. The number of carbonyl (C=O) groups excluding carboxylic acids is 1. The molecule has 17 heavy (non-hydrogen) atoms. The number of nitrogens with zero attached hydrogens (tertiary/aromatic N) is 2. The Morgan fingerprint density at radius 1 is 1.47 bits per heavy atom. The molecule has 0 aromatic carbocycles. The van der Waals surface area contributed by atoms with Crippen LogP contribution in [0.25, 0.3) is 0 Å². The highest BCUT2D eigenvalue weighted by Crippen LogP contribution is 2.25. The smallest absolute Gasteiger partial charge is 0.271 e. The van der Waals surface area contributed by atoms with Crippen molar-refractivity contribution in [1.82, 2.24) is 20.4 Å². The average Bonchev–Trinajstić information content (AvgIpc) is 2.98. The second-order valence-corrected chi connectivity index (χ2v) is 4.62. The molecule has 2 aliphatic heterocycles. The first-order valence-electron chi connectivity index (χ1n) is 5.86. The summed E-state index contributed by atoms with van der Waals surface area (Å²) in [5, 5.41) is 10.1. The van der Waals surface area contributed by atoms with E-state index in [4.69, 9.17) is 0 Å². The summed E-state index contributed by atoms with van der Waals surface area (Å²) in [5.41, 5.74) is 0.601. The van der Waals surface area contributed by atoms with Crippen LogP contribution in [-0.4, -0.2) is 46.7 Å². The van der Waals surface area contributed by atoms with E-state index >= 15 is 0 Å². The third-order valence-corrected chi connectivity index (χ3v) is 3.67. The normalized spacial score (nSPS) is 27.4. The molecule has 2 unspecified atom stereocenters. The molecule has 6 heteroatoms. The summed E-state index contributed by atoms with van der Waals surface area (Å²) in [6.07, 6.45) is 3.89. The summed E-state index contributed by atoms with van der Waals surface area (Å²) in [7, 11) is 0. The lowest BCUT2D eigenvalue weighted by atomic mass is 9.93. The zero-order chi connectivity index (χ0) is 11.0. The van der Waals surface area contributed by atoms with Gasteiger partial charge in [-0.2, -0.15) is 5.10 Å². The van der Waals surface area contributed by atoms with Crippen LogP contribution in [0.2, 0.25) is 0 Å². The molecule has 1 aromatic rings. The fourth-order valence-electron chi connectivity index (χ4n) is 2.78. The number of hydrogen-bond acceptors (Lipinski definition) is 3. The Labute approximate surface area is 106 Å². The monoisotopic (exact) mass is 256 g/mol. The van der Waals surface area contributed by atoms with E-state index in [9.17, 15) is 4.79 Å². The quantitative estimate of drug-likeness (QED) is 0.776. The van der Waals surface area contributed by atoms with E-state index in [2.05, 4.69) is 15.5 Å². The Bertz CT molecular complexity index is 381. The number of aromatic nitrogens is 2. The summed E-state index contributed by atoms with van der Waals surface area (Å²) in [4.78, 5) is 14.0. The molecule has 3 rings (SSSR count). The van der Waals surface area contributed by atoms with Gasteiger partial charge >= 0.3 is 0 Å². The lowest BCUT2D eigenvalue weighted by Crippen LogP contribution is -2.46. The van der Waals surface area contributed by atoms with Crippen LogP contribution in [0.15, 0.2) is 12.3 Å². The van der Waals surface area contributed by atoms with Gasteiger partial charge in [0.15, 0.2) is 0 Å². The van der Waals surface area contributed by atoms with Crippen LogP contribution >= 0.6 is 12.4 Å². The van der Waals surface area contributed by atoms with Gasteiger partial charge in [0.05, 0.1) is 0 Å². The summed E-state index contributed by atoms with van der Waals surface area (Å²) in [6, 6.07) is 2.37. The highest BCUT2D eigenvalue weighted by molar-refractivity contribution is 5.92. The molecule has 5 nitrogen and oxygen atoms in total. The molecular formula is C11H17ClN4O. The number of nitrogens with one attached hydrogen (secondary N) is 2. The predicted octanol–water partition coefficient (Wildman–Crippen LogP) is 0.655. The van der Waals surface area contributed by atoms with Gasteiger partial charge in [0.2, 0.25) is 0 Å². The van der Waals surface area contributed by atoms with Gasteiger partial charge in [-0.1, -0.05) is 0 Å². The molecule has 2 atom stereocenters. The SMILES string of the molecule is Cl.O=C(c1ccn[nH]1)N1CCC2NCCC2C1. The van der Waals surface area contributed by atoms with E-state index in [1.54, 1.807) is 12.3 Å². The minimum absolute atomic E-state index is 0. The Morgan fingerprint density at radius 3 is 3.12 bits per heavy atom. The molecule has 0 saturated carbocycles. The van der Waals surface area contributed by atoms with E-state index in [0.717, 1.165) is 26.1 Å². The average molecular weight is 257 g/mol. The largest absolute Gasteiger partial charge is 0.337 e. The number of fused-ring (bicyclic) bond motifs is 1. The highest BCUT2D eigenvalue weighted by Gasteiger charge is 2.34. The molecule has 0 radical (unpaired) electrons. The molecule has 2 aliphatic rings. The molecule has 0 spiro atoms. The van der Waals surface area contributed by atoms with Crippen molar-refractivity contribution in [2.45, 2.75) is 18.9 Å². The van der Waals surface area contributed by atoms with Crippen molar-refractivity contribution in [1.29, 1.82) is 0 Å². The van der Waals surface area contributed by atoms with Gasteiger partial charge in [0.25, 0.3) is 5.91 Å². The fraction of sp³-hybridized carbons (Fsp3) is 0.636. The van der Waals surface area contributed by atoms with Crippen LogP contribution in [0.3, 0.4) is 0 Å². The van der Waals surface area contributed by atoms with Gasteiger partial charge < -0.3 is 10.2 Å². The number of rotatable bonds is 1. The number of aromatic amines is 1. The Morgan fingerprint density at radius 2 is 2.35 bits per heavy atom. The minimum atomic E-state index is 0. The van der Waals surface area contributed by atoms with Crippen LogP contribution < -0.4 is 5.32 Å². The van der Waals surface area contributed by atoms with Gasteiger partial charge in [0, 0.05) is 25.3 Å². The topological polar surface area (TPSA) is 61.0 Å². The second kappa shape index (κ2) is 5.06. The number of H-pyrrole nitrogens is 1. The lowest BCUT2D eigenvalue weighted by Gasteiger charge is -2.34. The first kappa shape index (κ1) is 12.4. The van der Waals surface area contributed by atoms with Crippen molar-refractivity contribution in [3.05, 3.63) is 18.0 Å². The molecule has 0 bridgehead atoms. The molecule has 1 amide bonds. The van der Waals surface area contributed by atoms with Crippen molar-refractivity contribution >= 4 is 18.3 Å². The van der Waals surface area contributed by atoms with Crippen LogP contribution in [0.5, 0.6) is 0 Å². The van der Waals surface area contributed by atoms with Gasteiger partial charge in [-0.15, -0.1) is 12.4 Å². The maximum absolute atomic E-state index is 12.1. The molecular weight excluding hydrogens is 240 g/mol. The van der Waals surface area contributed by atoms with Gasteiger partial charge in [-0.05, 0) is 31.4 Å². The summed E-state index contributed by atoms with van der Waals surface area (Å²) in [5.74, 6) is 0.725. The number of carbonyl (C=O) groups is 1. The predicted molar refractivity (Wildman–Crippen MR) is 66.3 cm³/mol. The third kappa shape index (κ3) is 2.30. The molecule has 2 N–H and O–H groups in total. The van der Waals surface area contributed by atoms with Gasteiger partial charge in [0.1, 0.15) is 5.69 Å². The molecule has 2 fully saturated rings. The van der Waals surface area contributed by atoms with Crippen molar-refractivity contribution < 1.29 is 4.79 Å². The Kier molecular flexibility index (Phi) is 3.69. The maximum atomic E-state index is 12.1. The molecule has 2 saturated heterocycles. The third-order valence-electron chi connectivity index (χ3n) is 3.67. The first-order chi connectivity index (χ1) is 7.84. The van der Waals surface area contributed by atoms with Crippen molar-refractivity contribution in [2.24, 2.45) is 5.92 Å². The van der Waals surface area contributed by atoms with Crippen LogP contribution in [-0.2, 0) is 0 Å².